The minimum Gasteiger partial charge on any atom is -0.379 e. The molecule has 30 heavy (non-hydrogen) atoms. The second-order valence-corrected chi connectivity index (χ2v) is 8.01. The third-order valence-electron chi connectivity index (χ3n) is 5.79. The van der Waals surface area contributed by atoms with Gasteiger partial charge in [0.1, 0.15) is 5.82 Å². The Morgan fingerprint density at radius 3 is 2.80 bits per heavy atom. The van der Waals surface area contributed by atoms with Crippen molar-refractivity contribution < 1.29 is 14.3 Å². The quantitative estimate of drug-likeness (QED) is 0.796. The predicted molar refractivity (Wildman–Crippen MR) is 113 cm³/mol. The van der Waals surface area contributed by atoms with E-state index in [0.29, 0.717) is 18.8 Å². The number of urea groups is 1. The van der Waals surface area contributed by atoms with Crippen molar-refractivity contribution in [2.24, 2.45) is 0 Å². The molecule has 2 aromatic heterocycles. The number of morpholine rings is 1. The first kappa shape index (κ1) is 20.6. The molecule has 2 saturated heterocycles. The number of rotatable bonds is 5. The lowest BCUT2D eigenvalue weighted by molar-refractivity contribution is 0.0383. The second-order valence-electron chi connectivity index (χ2n) is 8.01. The standard InChI is InChI=1S/C21H30N6O3/c1-24(2)21(29)27-10-5-7-17(27)19-23-18(16-6-3-4-9-26(16)19)20(28)22-8-11-25-12-14-30-15-13-25/h3-4,6,9,17H,5,7-8,10-15H2,1-2H3,(H,22,28)/t17-/m0/s1. The average Bonchev–Trinajstić information content (AvgIpc) is 3.38. The van der Waals surface area contributed by atoms with Gasteiger partial charge in [-0.3, -0.25) is 9.69 Å². The Bertz CT molecular complexity index is 905. The molecule has 1 N–H and O–H groups in total. The van der Waals surface area contributed by atoms with Gasteiger partial charge in [-0.05, 0) is 25.0 Å². The second kappa shape index (κ2) is 9.01. The van der Waals surface area contributed by atoms with Gasteiger partial charge in [-0.1, -0.05) is 6.07 Å². The van der Waals surface area contributed by atoms with E-state index in [9.17, 15) is 9.59 Å². The molecule has 0 unspecified atom stereocenters. The van der Waals surface area contributed by atoms with Crippen molar-refractivity contribution in [2.75, 3.05) is 60.0 Å². The zero-order valence-corrected chi connectivity index (χ0v) is 17.7. The molecule has 162 valence electrons. The van der Waals surface area contributed by atoms with Gasteiger partial charge < -0.3 is 24.3 Å². The number of hydrogen-bond donors (Lipinski definition) is 1. The van der Waals surface area contributed by atoms with Crippen molar-refractivity contribution in [3.63, 3.8) is 0 Å². The Balaban J connectivity index is 1.53. The summed E-state index contributed by atoms with van der Waals surface area (Å²) in [5, 5.41) is 3.01. The average molecular weight is 415 g/mol. The summed E-state index contributed by atoms with van der Waals surface area (Å²) in [6.45, 7) is 5.33. The van der Waals surface area contributed by atoms with E-state index in [1.165, 1.54) is 0 Å². The molecule has 0 bridgehead atoms. The zero-order chi connectivity index (χ0) is 21.1. The lowest BCUT2D eigenvalue weighted by atomic mass is 10.2. The van der Waals surface area contributed by atoms with Crippen LogP contribution < -0.4 is 5.32 Å². The molecule has 4 heterocycles. The van der Waals surface area contributed by atoms with E-state index in [1.54, 1.807) is 19.0 Å². The van der Waals surface area contributed by atoms with Crippen molar-refractivity contribution >= 4 is 17.5 Å². The summed E-state index contributed by atoms with van der Waals surface area (Å²) >= 11 is 0. The fraction of sp³-hybridized carbons (Fsp3) is 0.571. The molecule has 0 saturated carbocycles. The van der Waals surface area contributed by atoms with E-state index in [1.807, 2.05) is 33.7 Å². The highest BCUT2D eigenvalue weighted by Gasteiger charge is 2.34. The predicted octanol–water partition coefficient (Wildman–Crippen LogP) is 1.21. The largest absolute Gasteiger partial charge is 0.379 e. The van der Waals surface area contributed by atoms with Crippen LogP contribution >= 0.6 is 0 Å². The van der Waals surface area contributed by atoms with Gasteiger partial charge in [0.05, 0.1) is 24.8 Å². The number of nitrogens with zero attached hydrogens (tertiary/aromatic N) is 5. The zero-order valence-electron chi connectivity index (χ0n) is 17.7. The lowest BCUT2D eigenvalue weighted by Crippen LogP contribution is -2.41. The molecule has 0 radical (unpaired) electrons. The van der Waals surface area contributed by atoms with Crippen molar-refractivity contribution in [1.29, 1.82) is 0 Å². The molecule has 4 rings (SSSR count). The van der Waals surface area contributed by atoms with Crippen molar-refractivity contribution in [2.45, 2.75) is 18.9 Å². The van der Waals surface area contributed by atoms with E-state index in [4.69, 9.17) is 9.72 Å². The maximum atomic E-state index is 12.9. The van der Waals surface area contributed by atoms with Gasteiger partial charge in [0.25, 0.3) is 5.91 Å². The van der Waals surface area contributed by atoms with Gasteiger partial charge in [0.15, 0.2) is 5.69 Å². The summed E-state index contributed by atoms with van der Waals surface area (Å²) in [6, 6.07) is 5.57. The highest BCUT2D eigenvalue weighted by atomic mass is 16.5. The fourth-order valence-electron chi connectivity index (χ4n) is 4.22. The number of pyridine rings is 1. The minimum atomic E-state index is -0.179. The van der Waals surface area contributed by atoms with Gasteiger partial charge in [-0.15, -0.1) is 0 Å². The third kappa shape index (κ3) is 4.13. The summed E-state index contributed by atoms with van der Waals surface area (Å²) in [6.07, 6.45) is 3.68. The Morgan fingerprint density at radius 2 is 2.03 bits per heavy atom. The Morgan fingerprint density at radius 1 is 1.23 bits per heavy atom. The highest BCUT2D eigenvalue weighted by Crippen LogP contribution is 2.33. The van der Waals surface area contributed by atoms with Crippen LogP contribution in [0, 0.1) is 0 Å². The maximum Gasteiger partial charge on any atom is 0.320 e. The molecule has 0 aliphatic carbocycles. The van der Waals surface area contributed by atoms with E-state index in [0.717, 1.165) is 57.0 Å². The topological polar surface area (TPSA) is 82.4 Å². The van der Waals surface area contributed by atoms with Gasteiger partial charge in [-0.2, -0.15) is 0 Å². The van der Waals surface area contributed by atoms with Crippen molar-refractivity contribution in [3.05, 3.63) is 35.9 Å². The monoisotopic (exact) mass is 414 g/mol. The first-order valence-electron chi connectivity index (χ1n) is 10.6. The van der Waals surface area contributed by atoms with Gasteiger partial charge in [-0.25, -0.2) is 9.78 Å². The first-order valence-corrected chi connectivity index (χ1v) is 10.6. The van der Waals surface area contributed by atoms with Crippen LogP contribution in [0.4, 0.5) is 4.79 Å². The number of aromatic nitrogens is 2. The van der Waals surface area contributed by atoms with Crippen LogP contribution in [0.2, 0.25) is 0 Å². The van der Waals surface area contributed by atoms with E-state index < -0.39 is 0 Å². The molecule has 1 atom stereocenters. The van der Waals surface area contributed by atoms with Crippen LogP contribution in [-0.2, 0) is 4.74 Å². The number of nitrogens with one attached hydrogen (secondary N) is 1. The van der Waals surface area contributed by atoms with E-state index in [-0.39, 0.29) is 18.0 Å². The number of imidazole rings is 1. The molecule has 0 spiro atoms. The van der Waals surface area contributed by atoms with E-state index in [2.05, 4.69) is 10.2 Å². The van der Waals surface area contributed by atoms with Crippen LogP contribution in [0.15, 0.2) is 24.4 Å². The SMILES string of the molecule is CN(C)C(=O)N1CCC[C@H]1c1nc(C(=O)NCCN2CCOCC2)c2ccccn12. The fourth-order valence-corrected chi connectivity index (χ4v) is 4.22. The van der Waals surface area contributed by atoms with Crippen LogP contribution in [0.1, 0.15) is 35.2 Å². The lowest BCUT2D eigenvalue weighted by Gasteiger charge is -2.27. The van der Waals surface area contributed by atoms with E-state index >= 15 is 0 Å². The normalized spacial score (nSPS) is 19.9. The Hall–Kier alpha value is -2.65. The number of fused-ring (bicyclic) bond motifs is 1. The molecule has 2 aliphatic rings. The number of carbonyl (C=O) groups is 2. The minimum absolute atomic E-state index is 0.0262. The molecule has 0 aromatic carbocycles. The molecular formula is C21H30N6O3. The van der Waals surface area contributed by atoms with Gasteiger partial charge in [0.2, 0.25) is 0 Å². The van der Waals surface area contributed by atoms with Crippen molar-refractivity contribution in [1.82, 2.24) is 29.4 Å². The number of carbonyl (C=O) groups excluding carboxylic acids is 2. The molecular weight excluding hydrogens is 384 g/mol. The van der Waals surface area contributed by atoms with Crippen LogP contribution in [-0.4, -0.2) is 96.1 Å². The number of amides is 3. The van der Waals surface area contributed by atoms with Gasteiger partial charge in [0, 0.05) is 53.0 Å². The summed E-state index contributed by atoms with van der Waals surface area (Å²) in [5.41, 5.74) is 1.18. The highest BCUT2D eigenvalue weighted by molar-refractivity contribution is 5.99. The summed E-state index contributed by atoms with van der Waals surface area (Å²) < 4.78 is 7.31. The molecule has 2 fully saturated rings. The summed E-state index contributed by atoms with van der Waals surface area (Å²) in [7, 11) is 3.52. The van der Waals surface area contributed by atoms with Crippen LogP contribution in [0.5, 0.6) is 0 Å². The van der Waals surface area contributed by atoms with Gasteiger partial charge >= 0.3 is 6.03 Å². The van der Waals surface area contributed by atoms with Crippen LogP contribution in [0.3, 0.4) is 0 Å². The smallest absolute Gasteiger partial charge is 0.320 e. The summed E-state index contributed by atoms with van der Waals surface area (Å²) in [4.78, 5) is 36.0. The Kier molecular flexibility index (Phi) is 6.19. The molecule has 9 nitrogen and oxygen atoms in total. The first-order chi connectivity index (χ1) is 14.6. The maximum absolute atomic E-state index is 12.9. The molecule has 3 amide bonds. The number of hydrogen-bond acceptors (Lipinski definition) is 5. The number of ether oxygens (including phenoxy) is 1. The molecule has 9 heteroatoms. The molecule has 2 aromatic rings. The third-order valence-corrected chi connectivity index (χ3v) is 5.79. The molecule has 2 aliphatic heterocycles. The van der Waals surface area contributed by atoms with Crippen molar-refractivity contribution in [3.8, 4) is 0 Å². The summed E-state index contributed by atoms with van der Waals surface area (Å²) in [5.74, 6) is 0.568. The Labute approximate surface area is 176 Å². The van der Waals surface area contributed by atoms with Crippen LogP contribution in [0.25, 0.3) is 5.52 Å². The number of likely N-dealkylation sites (tertiary alicyclic amines) is 1.